The molecule has 1 saturated heterocycles. The molecule has 18 heavy (non-hydrogen) atoms. The molecule has 1 N–H and O–H groups in total. The van der Waals surface area contributed by atoms with Crippen LogP contribution in [-0.2, 0) is 0 Å². The minimum absolute atomic E-state index is 0.788. The van der Waals surface area contributed by atoms with Crippen LogP contribution in [0.1, 0.15) is 59.3 Å². The van der Waals surface area contributed by atoms with Gasteiger partial charge in [0, 0.05) is 12.1 Å². The summed E-state index contributed by atoms with van der Waals surface area (Å²) in [6.07, 6.45) is 8.28. The lowest BCUT2D eigenvalue weighted by Crippen LogP contribution is -2.49. The van der Waals surface area contributed by atoms with Crippen molar-refractivity contribution in [3.63, 3.8) is 0 Å². The van der Waals surface area contributed by atoms with E-state index in [2.05, 4.69) is 31.0 Å². The van der Waals surface area contributed by atoms with E-state index in [1.807, 2.05) is 0 Å². The van der Waals surface area contributed by atoms with E-state index >= 15 is 0 Å². The fourth-order valence-electron chi connectivity index (χ4n) is 3.71. The maximum atomic E-state index is 3.97. The lowest BCUT2D eigenvalue weighted by Gasteiger charge is -2.39. The van der Waals surface area contributed by atoms with Crippen LogP contribution in [0.2, 0.25) is 0 Å². The zero-order valence-corrected chi connectivity index (χ0v) is 12.6. The monoisotopic (exact) mass is 252 g/mol. The molecule has 0 bridgehead atoms. The van der Waals surface area contributed by atoms with Crippen LogP contribution in [0.15, 0.2) is 0 Å². The standard InChI is InChI=1S/C16H32N2/c1-4-9-18-10-7-15(8-11-18)17-16-12-13(2)5-6-14(16)3/h13-17H,4-12H2,1-3H3. The van der Waals surface area contributed by atoms with Gasteiger partial charge in [-0.15, -0.1) is 0 Å². The minimum Gasteiger partial charge on any atom is -0.311 e. The molecular weight excluding hydrogens is 220 g/mol. The van der Waals surface area contributed by atoms with Crippen LogP contribution in [0.5, 0.6) is 0 Å². The Kier molecular flexibility index (Phi) is 5.50. The fourth-order valence-corrected chi connectivity index (χ4v) is 3.71. The Morgan fingerprint density at radius 1 is 1.06 bits per heavy atom. The van der Waals surface area contributed by atoms with Gasteiger partial charge in [0.2, 0.25) is 0 Å². The average Bonchev–Trinajstić information content (AvgIpc) is 2.37. The molecule has 0 radical (unpaired) electrons. The lowest BCUT2D eigenvalue weighted by atomic mass is 9.79. The third kappa shape index (κ3) is 3.96. The van der Waals surface area contributed by atoms with Crippen LogP contribution in [-0.4, -0.2) is 36.6 Å². The van der Waals surface area contributed by atoms with E-state index in [4.69, 9.17) is 0 Å². The number of rotatable bonds is 4. The topological polar surface area (TPSA) is 15.3 Å². The van der Waals surface area contributed by atoms with Crippen molar-refractivity contribution in [3.05, 3.63) is 0 Å². The van der Waals surface area contributed by atoms with Crippen LogP contribution in [0.3, 0.4) is 0 Å². The van der Waals surface area contributed by atoms with E-state index in [1.54, 1.807) is 0 Å². The van der Waals surface area contributed by atoms with Gasteiger partial charge in [-0.1, -0.05) is 27.2 Å². The van der Waals surface area contributed by atoms with Crippen molar-refractivity contribution in [1.29, 1.82) is 0 Å². The Morgan fingerprint density at radius 2 is 1.78 bits per heavy atom. The van der Waals surface area contributed by atoms with Crippen LogP contribution < -0.4 is 5.32 Å². The highest BCUT2D eigenvalue weighted by Crippen LogP contribution is 2.29. The summed E-state index contributed by atoms with van der Waals surface area (Å²) in [6.45, 7) is 11.1. The second-order valence-corrected chi connectivity index (χ2v) is 6.78. The van der Waals surface area contributed by atoms with Crippen molar-refractivity contribution in [3.8, 4) is 0 Å². The first-order valence-corrected chi connectivity index (χ1v) is 8.17. The molecule has 0 amide bonds. The van der Waals surface area contributed by atoms with Gasteiger partial charge in [-0.25, -0.2) is 0 Å². The fraction of sp³-hybridized carbons (Fsp3) is 1.00. The van der Waals surface area contributed by atoms with E-state index in [0.29, 0.717) is 0 Å². The first-order chi connectivity index (χ1) is 8.69. The molecule has 0 aromatic heterocycles. The van der Waals surface area contributed by atoms with Gasteiger partial charge in [0.05, 0.1) is 0 Å². The van der Waals surface area contributed by atoms with Crippen LogP contribution in [0.4, 0.5) is 0 Å². The van der Waals surface area contributed by atoms with Gasteiger partial charge in [-0.2, -0.15) is 0 Å². The molecule has 3 unspecified atom stereocenters. The predicted octanol–water partition coefficient (Wildman–Crippen LogP) is 3.28. The Morgan fingerprint density at radius 3 is 2.44 bits per heavy atom. The first kappa shape index (κ1) is 14.3. The third-order valence-corrected chi connectivity index (χ3v) is 5.04. The van der Waals surface area contributed by atoms with Crippen molar-refractivity contribution in [1.82, 2.24) is 10.2 Å². The summed E-state index contributed by atoms with van der Waals surface area (Å²) in [5.41, 5.74) is 0. The Balaban J connectivity index is 1.73. The summed E-state index contributed by atoms with van der Waals surface area (Å²) in [4.78, 5) is 2.63. The van der Waals surface area contributed by atoms with E-state index < -0.39 is 0 Å². The second-order valence-electron chi connectivity index (χ2n) is 6.78. The SMILES string of the molecule is CCCN1CCC(NC2CC(C)CCC2C)CC1. The molecule has 1 heterocycles. The van der Waals surface area contributed by atoms with Crippen molar-refractivity contribution >= 4 is 0 Å². The molecule has 1 aliphatic carbocycles. The maximum Gasteiger partial charge on any atom is 0.00978 e. The van der Waals surface area contributed by atoms with E-state index in [1.165, 1.54) is 58.2 Å². The number of nitrogens with one attached hydrogen (secondary N) is 1. The average molecular weight is 252 g/mol. The molecule has 106 valence electrons. The second kappa shape index (κ2) is 6.91. The van der Waals surface area contributed by atoms with Gasteiger partial charge < -0.3 is 10.2 Å². The van der Waals surface area contributed by atoms with Gasteiger partial charge in [0.1, 0.15) is 0 Å². The first-order valence-electron chi connectivity index (χ1n) is 8.17. The summed E-state index contributed by atoms with van der Waals surface area (Å²) >= 11 is 0. The summed E-state index contributed by atoms with van der Waals surface area (Å²) in [7, 11) is 0. The van der Waals surface area contributed by atoms with Crippen molar-refractivity contribution < 1.29 is 0 Å². The Labute approximate surface area is 114 Å². The molecule has 2 fully saturated rings. The molecule has 2 aliphatic rings. The maximum absolute atomic E-state index is 3.97. The Bertz CT molecular complexity index is 233. The molecular formula is C16H32N2. The minimum atomic E-state index is 0.788. The van der Waals surface area contributed by atoms with Crippen LogP contribution in [0, 0.1) is 11.8 Å². The zero-order chi connectivity index (χ0) is 13.0. The van der Waals surface area contributed by atoms with Crippen molar-refractivity contribution in [2.75, 3.05) is 19.6 Å². The van der Waals surface area contributed by atoms with E-state index in [0.717, 1.165) is 23.9 Å². The van der Waals surface area contributed by atoms with Crippen LogP contribution >= 0.6 is 0 Å². The largest absolute Gasteiger partial charge is 0.311 e. The molecule has 0 aromatic rings. The van der Waals surface area contributed by atoms with Crippen LogP contribution in [0.25, 0.3) is 0 Å². The third-order valence-electron chi connectivity index (χ3n) is 5.04. The number of hydrogen-bond donors (Lipinski definition) is 1. The molecule has 0 aromatic carbocycles. The number of piperidine rings is 1. The summed E-state index contributed by atoms with van der Waals surface area (Å²) in [5.74, 6) is 1.81. The smallest absolute Gasteiger partial charge is 0.00978 e. The highest BCUT2D eigenvalue weighted by atomic mass is 15.1. The van der Waals surface area contributed by atoms with Crippen molar-refractivity contribution in [2.24, 2.45) is 11.8 Å². The molecule has 2 heteroatoms. The van der Waals surface area contributed by atoms with Gasteiger partial charge in [-0.3, -0.25) is 0 Å². The van der Waals surface area contributed by atoms with Gasteiger partial charge in [-0.05, 0) is 63.6 Å². The number of nitrogens with zero attached hydrogens (tertiary/aromatic N) is 1. The molecule has 1 saturated carbocycles. The number of likely N-dealkylation sites (tertiary alicyclic amines) is 1. The summed E-state index contributed by atoms with van der Waals surface area (Å²) in [5, 5.41) is 3.97. The zero-order valence-electron chi connectivity index (χ0n) is 12.6. The molecule has 2 rings (SSSR count). The normalized spacial score (nSPS) is 35.8. The van der Waals surface area contributed by atoms with Gasteiger partial charge >= 0.3 is 0 Å². The molecule has 0 spiro atoms. The number of hydrogen-bond acceptors (Lipinski definition) is 2. The predicted molar refractivity (Wildman–Crippen MR) is 78.9 cm³/mol. The van der Waals surface area contributed by atoms with Gasteiger partial charge in [0.15, 0.2) is 0 Å². The molecule has 1 aliphatic heterocycles. The van der Waals surface area contributed by atoms with Crippen molar-refractivity contribution in [2.45, 2.75) is 71.4 Å². The van der Waals surface area contributed by atoms with E-state index in [-0.39, 0.29) is 0 Å². The molecule has 2 nitrogen and oxygen atoms in total. The highest BCUT2D eigenvalue weighted by Gasteiger charge is 2.28. The molecule has 3 atom stereocenters. The highest BCUT2D eigenvalue weighted by molar-refractivity contribution is 4.86. The lowest BCUT2D eigenvalue weighted by molar-refractivity contribution is 0.159. The van der Waals surface area contributed by atoms with E-state index in [9.17, 15) is 0 Å². The Hall–Kier alpha value is -0.0800. The summed E-state index contributed by atoms with van der Waals surface area (Å²) in [6, 6.07) is 1.58. The summed E-state index contributed by atoms with van der Waals surface area (Å²) < 4.78 is 0. The van der Waals surface area contributed by atoms with Gasteiger partial charge in [0.25, 0.3) is 0 Å². The quantitative estimate of drug-likeness (QED) is 0.826.